The van der Waals surface area contributed by atoms with E-state index in [1.807, 2.05) is 0 Å². The Balaban J connectivity index is 1.42. The van der Waals surface area contributed by atoms with Gasteiger partial charge in [-0.25, -0.2) is 0 Å². The van der Waals surface area contributed by atoms with Crippen LogP contribution in [0.25, 0.3) is 44.9 Å². The molecule has 0 fully saturated rings. The van der Waals surface area contributed by atoms with Crippen molar-refractivity contribution < 1.29 is 0 Å². The zero-order valence-electron chi connectivity index (χ0n) is 26.8. The van der Waals surface area contributed by atoms with Gasteiger partial charge >= 0.3 is 0 Å². The van der Waals surface area contributed by atoms with E-state index in [4.69, 9.17) is 0 Å². The summed E-state index contributed by atoms with van der Waals surface area (Å²) in [5.41, 5.74) is 16.2. The molecule has 2 heterocycles. The molecule has 9 rings (SSSR count). The molecule has 0 spiro atoms. The molecule has 0 saturated heterocycles. The van der Waals surface area contributed by atoms with Crippen LogP contribution < -0.4 is 4.90 Å². The average Bonchev–Trinajstić information content (AvgIpc) is 3.48. The van der Waals surface area contributed by atoms with Gasteiger partial charge in [-0.05, 0) is 94.3 Å². The molecule has 0 atom stereocenters. The van der Waals surface area contributed by atoms with Crippen LogP contribution in [0.2, 0.25) is 0 Å². The molecule has 0 saturated carbocycles. The first-order valence-corrected chi connectivity index (χ1v) is 16.7. The molecular weight excluding hydrogens is 569 g/mol. The van der Waals surface area contributed by atoms with Gasteiger partial charge in [-0.15, -0.1) is 0 Å². The van der Waals surface area contributed by atoms with Crippen LogP contribution >= 0.6 is 0 Å². The monoisotopic (exact) mass is 604 g/mol. The maximum Gasteiger partial charge on any atom is 0.0782 e. The molecule has 2 aliphatic rings. The first-order valence-electron chi connectivity index (χ1n) is 16.7. The minimum atomic E-state index is -0.183. The second-order valence-corrected chi connectivity index (χ2v) is 13.3. The van der Waals surface area contributed by atoms with Crippen molar-refractivity contribution >= 4 is 34.0 Å². The zero-order valence-corrected chi connectivity index (χ0v) is 26.8. The number of nitrogens with zero attached hydrogens (tertiary/aromatic N) is 2. The number of benzene rings is 6. The maximum absolute atomic E-state index is 2.57. The van der Waals surface area contributed by atoms with E-state index in [2.05, 4.69) is 181 Å². The van der Waals surface area contributed by atoms with Crippen molar-refractivity contribution in [2.75, 3.05) is 4.90 Å². The molecular formula is C45H36N2. The Bertz CT molecular complexity index is 2250. The van der Waals surface area contributed by atoms with Crippen LogP contribution in [0.4, 0.5) is 17.1 Å². The second kappa shape index (κ2) is 10.7. The van der Waals surface area contributed by atoms with Crippen LogP contribution in [-0.4, -0.2) is 4.57 Å². The number of rotatable bonds is 4. The Kier molecular flexibility index (Phi) is 6.33. The van der Waals surface area contributed by atoms with Gasteiger partial charge in [-0.2, -0.15) is 0 Å². The van der Waals surface area contributed by atoms with Crippen molar-refractivity contribution in [2.24, 2.45) is 0 Å². The van der Waals surface area contributed by atoms with E-state index < -0.39 is 0 Å². The van der Waals surface area contributed by atoms with Crippen LogP contribution in [0.3, 0.4) is 0 Å². The fourth-order valence-corrected chi connectivity index (χ4v) is 7.95. The van der Waals surface area contributed by atoms with E-state index in [0.717, 1.165) is 12.8 Å². The lowest BCUT2D eigenvalue weighted by Crippen LogP contribution is -2.31. The molecule has 47 heavy (non-hydrogen) atoms. The third-order valence-electron chi connectivity index (χ3n) is 10.2. The largest absolute Gasteiger partial charge is 0.308 e. The van der Waals surface area contributed by atoms with Crippen LogP contribution in [0, 0.1) is 0 Å². The summed E-state index contributed by atoms with van der Waals surface area (Å²) in [5, 5.41) is 1.34. The molecule has 2 heteroatoms. The van der Waals surface area contributed by atoms with Gasteiger partial charge in [0.2, 0.25) is 0 Å². The molecule has 0 amide bonds. The fraction of sp³-hybridized carbons (Fsp3) is 0.111. The standard InChI is InChI=1S/C45H36N2/c1-45(2)39-23-13-15-25-42(39)46(35-20-10-5-11-21-35)44-40(45)27-26-38-37-22-12-14-24-41(37)47(43(38)44)36-29-33(31-16-6-3-7-17-31)28-34(30-36)32-18-8-4-9-19-32/h3-11,13-21,23-30H,12,22H2,1-2H3. The van der Waals surface area contributed by atoms with Gasteiger partial charge in [0, 0.05) is 27.9 Å². The Morgan fingerprint density at radius 1 is 0.553 bits per heavy atom. The normalized spacial score (nSPS) is 14.5. The third-order valence-corrected chi connectivity index (χ3v) is 10.2. The topological polar surface area (TPSA) is 8.17 Å². The molecule has 0 unspecified atom stereocenters. The first kappa shape index (κ1) is 27.7. The summed E-state index contributed by atoms with van der Waals surface area (Å²) in [6.07, 6.45) is 6.79. The van der Waals surface area contributed by atoms with E-state index in [-0.39, 0.29) is 5.41 Å². The number of anilines is 3. The number of aromatic nitrogens is 1. The summed E-state index contributed by atoms with van der Waals surface area (Å²) < 4.78 is 2.57. The third kappa shape index (κ3) is 4.32. The first-order chi connectivity index (χ1) is 23.1. The minimum absolute atomic E-state index is 0.183. The molecule has 0 N–H and O–H groups in total. The molecule has 226 valence electrons. The molecule has 6 aromatic carbocycles. The van der Waals surface area contributed by atoms with E-state index >= 15 is 0 Å². The summed E-state index contributed by atoms with van der Waals surface area (Å²) in [7, 11) is 0. The summed E-state index contributed by atoms with van der Waals surface area (Å²) in [4.78, 5) is 2.52. The van der Waals surface area contributed by atoms with E-state index in [9.17, 15) is 0 Å². The van der Waals surface area contributed by atoms with Crippen molar-refractivity contribution in [3.05, 3.63) is 174 Å². The van der Waals surface area contributed by atoms with E-state index in [1.165, 1.54) is 78.3 Å². The smallest absolute Gasteiger partial charge is 0.0782 e. The lowest BCUT2D eigenvalue weighted by Gasteiger charge is -2.42. The van der Waals surface area contributed by atoms with Crippen molar-refractivity contribution in [2.45, 2.75) is 32.1 Å². The van der Waals surface area contributed by atoms with Gasteiger partial charge in [-0.3, -0.25) is 0 Å². The summed E-state index contributed by atoms with van der Waals surface area (Å²) in [6, 6.07) is 53.4. The van der Waals surface area contributed by atoms with Gasteiger partial charge in [0.25, 0.3) is 0 Å². The van der Waals surface area contributed by atoms with E-state index in [0.29, 0.717) is 0 Å². The van der Waals surface area contributed by atoms with Crippen LogP contribution in [0.5, 0.6) is 0 Å². The van der Waals surface area contributed by atoms with Crippen molar-refractivity contribution in [1.82, 2.24) is 4.57 Å². The maximum atomic E-state index is 2.57. The van der Waals surface area contributed by atoms with E-state index in [1.54, 1.807) is 0 Å². The number of allylic oxidation sites excluding steroid dienone is 1. The number of para-hydroxylation sites is 2. The molecule has 0 bridgehead atoms. The van der Waals surface area contributed by atoms with Gasteiger partial charge < -0.3 is 9.47 Å². The number of fused-ring (bicyclic) bond motifs is 6. The zero-order chi connectivity index (χ0) is 31.5. The van der Waals surface area contributed by atoms with Gasteiger partial charge in [0.15, 0.2) is 0 Å². The van der Waals surface area contributed by atoms with Crippen LogP contribution in [0.15, 0.2) is 152 Å². The summed E-state index contributed by atoms with van der Waals surface area (Å²) in [6.45, 7) is 4.77. The van der Waals surface area contributed by atoms with Crippen molar-refractivity contribution in [1.29, 1.82) is 0 Å². The van der Waals surface area contributed by atoms with Gasteiger partial charge in [0.1, 0.15) is 0 Å². The highest BCUT2D eigenvalue weighted by Crippen LogP contribution is 2.55. The number of hydrogen-bond acceptors (Lipinski definition) is 1. The summed E-state index contributed by atoms with van der Waals surface area (Å²) in [5.74, 6) is 0. The Morgan fingerprint density at radius 3 is 1.85 bits per heavy atom. The highest BCUT2D eigenvalue weighted by molar-refractivity contribution is 6.06. The Morgan fingerprint density at radius 2 is 1.17 bits per heavy atom. The lowest BCUT2D eigenvalue weighted by molar-refractivity contribution is 0.632. The highest BCUT2D eigenvalue weighted by atomic mass is 15.2. The number of aryl methyl sites for hydroxylation is 1. The van der Waals surface area contributed by atoms with Crippen molar-refractivity contribution in [3.8, 4) is 27.9 Å². The average molecular weight is 605 g/mol. The predicted octanol–water partition coefficient (Wildman–Crippen LogP) is 12.0. The minimum Gasteiger partial charge on any atom is -0.308 e. The molecule has 2 nitrogen and oxygen atoms in total. The molecule has 1 aliphatic heterocycles. The second-order valence-electron chi connectivity index (χ2n) is 13.3. The molecule has 0 radical (unpaired) electrons. The van der Waals surface area contributed by atoms with Gasteiger partial charge in [-0.1, -0.05) is 129 Å². The molecule has 1 aliphatic carbocycles. The molecule has 7 aromatic rings. The van der Waals surface area contributed by atoms with Crippen LogP contribution in [-0.2, 0) is 11.8 Å². The van der Waals surface area contributed by atoms with Crippen LogP contribution in [0.1, 0.15) is 42.7 Å². The predicted molar refractivity (Wildman–Crippen MR) is 198 cm³/mol. The van der Waals surface area contributed by atoms with Crippen molar-refractivity contribution in [3.63, 3.8) is 0 Å². The molecule has 1 aromatic heterocycles. The quantitative estimate of drug-likeness (QED) is 0.194. The lowest BCUT2D eigenvalue weighted by atomic mass is 9.73. The Hall–Kier alpha value is -5.60. The van der Waals surface area contributed by atoms with Gasteiger partial charge in [0.05, 0.1) is 16.9 Å². The number of hydrogen-bond donors (Lipinski definition) is 0. The Labute approximate surface area is 276 Å². The fourth-order valence-electron chi connectivity index (χ4n) is 7.95. The SMILES string of the molecule is CC1(C)c2ccccc2N(c2ccccc2)c2c1ccc1c3c(n(-c4cc(-c5ccccc5)cc(-c5ccccc5)c4)c21)C=CCC3. The summed E-state index contributed by atoms with van der Waals surface area (Å²) >= 11 is 0. The highest BCUT2D eigenvalue weighted by Gasteiger charge is 2.39.